The minimum absolute atomic E-state index is 0.217. The van der Waals surface area contributed by atoms with Crippen LogP contribution in [0.15, 0.2) is 278 Å². The van der Waals surface area contributed by atoms with E-state index in [0.717, 1.165) is 29.9 Å². The van der Waals surface area contributed by atoms with Gasteiger partial charge >= 0.3 is 0 Å². The van der Waals surface area contributed by atoms with E-state index in [1.807, 2.05) is 0 Å². The van der Waals surface area contributed by atoms with Crippen LogP contribution in [0.5, 0.6) is 0 Å². The average Bonchev–Trinajstić information content (AvgIpc) is 3.53. The molecule has 12 rings (SSSR count). The molecule has 4 unspecified atom stereocenters. The molecule has 0 radical (unpaired) electrons. The molecule has 3 aliphatic carbocycles. The minimum atomic E-state index is 0.217. The largest absolute Gasteiger partial charge is 0.337 e. The first-order valence-electron chi connectivity index (χ1n) is 24.6. The van der Waals surface area contributed by atoms with Gasteiger partial charge in [0.05, 0.1) is 6.04 Å². The van der Waals surface area contributed by atoms with Gasteiger partial charge in [-0.05, 0) is 135 Å². The Morgan fingerprint density at radius 1 is 0.406 bits per heavy atom. The summed E-state index contributed by atoms with van der Waals surface area (Å²) < 4.78 is 0. The zero-order chi connectivity index (χ0) is 45.9. The van der Waals surface area contributed by atoms with Gasteiger partial charge in [0.1, 0.15) is 0 Å². The summed E-state index contributed by atoms with van der Waals surface area (Å²) in [5, 5.41) is 0. The number of fused-ring (bicyclic) bond motifs is 3. The van der Waals surface area contributed by atoms with E-state index < -0.39 is 0 Å². The molecule has 1 fully saturated rings. The van der Waals surface area contributed by atoms with Gasteiger partial charge in [0.2, 0.25) is 0 Å². The first-order chi connectivity index (χ1) is 34.2. The van der Waals surface area contributed by atoms with E-state index in [1.54, 1.807) is 0 Å². The van der Waals surface area contributed by atoms with Gasteiger partial charge in [-0.1, -0.05) is 212 Å². The molecule has 2 heteroatoms. The number of rotatable bonds is 10. The third-order valence-electron chi connectivity index (χ3n) is 14.6. The lowest BCUT2D eigenvalue weighted by atomic mass is 9.70. The summed E-state index contributed by atoms with van der Waals surface area (Å²) in [7, 11) is 0. The first-order valence-corrected chi connectivity index (χ1v) is 24.6. The number of benzene rings is 8. The summed E-state index contributed by atoms with van der Waals surface area (Å²) in [6, 6.07) is 79.5. The molecule has 1 saturated heterocycles. The topological polar surface area (TPSA) is 6.48 Å². The van der Waals surface area contributed by atoms with Crippen LogP contribution in [0, 0.1) is 17.8 Å². The maximum absolute atomic E-state index is 2.64. The third-order valence-corrected chi connectivity index (χ3v) is 14.6. The third kappa shape index (κ3) is 8.45. The van der Waals surface area contributed by atoms with Crippen molar-refractivity contribution in [1.29, 1.82) is 0 Å². The molecule has 4 aliphatic rings. The van der Waals surface area contributed by atoms with Crippen molar-refractivity contribution in [3.8, 4) is 33.4 Å². The second-order valence-corrected chi connectivity index (χ2v) is 18.7. The first kappa shape index (κ1) is 42.2. The van der Waals surface area contributed by atoms with Gasteiger partial charge in [-0.3, -0.25) is 0 Å². The molecule has 0 spiro atoms. The number of para-hydroxylation sites is 1. The van der Waals surface area contributed by atoms with Crippen molar-refractivity contribution in [1.82, 2.24) is 0 Å². The molecule has 1 aliphatic heterocycles. The van der Waals surface area contributed by atoms with Gasteiger partial charge in [-0.25, -0.2) is 0 Å². The summed E-state index contributed by atoms with van der Waals surface area (Å²) >= 11 is 0. The monoisotopic (exact) mass is 886 g/mol. The fourth-order valence-corrected chi connectivity index (χ4v) is 11.1. The Morgan fingerprint density at radius 3 is 1.39 bits per heavy atom. The van der Waals surface area contributed by atoms with Crippen molar-refractivity contribution in [2.75, 3.05) is 9.80 Å². The molecule has 8 aromatic rings. The minimum Gasteiger partial charge on any atom is -0.337 e. The van der Waals surface area contributed by atoms with Crippen LogP contribution >= 0.6 is 0 Å². The van der Waals surface area contributed by atoms with E-state index in [2.05, 4.69) is 277 Å². The summed E-state index contributed by atoms with van der Waals surface area (Å²) in [6.45, 7) is 0. The lowest BCUT2D eigenvalue weighted by molar-refractivity contribution is 0.423. The molecule has 4 atom stereocenters. The standard InChI is InChI=1S/C67H54N2/c1-2-8-24-56(23-7-1)63-46-58(50-21-13-5-14-22-50)47-66-67(63)64-45-57(37-44-65(64)69(66)59-25-15-6-16-26-59)55-29-27-51(28-30-55)54-35-42-62(43-36-54)68(60-38-31-52(32-39-60)48-17-9-3-10-18-48)61-40-33-53(34-41-61)49-19-11-4-12-20-49/h3-7,9-47,63-65,67H,1-2,8H2. The molecule has 69 heavy (non-hydrogen) atoms. The van der Waals surface area contributed by atoms with Gasteiger partial charge in [0.15, 0.2) is 0 Å². The highest BCUT2D eigenvalue weighted by molar-refractivity contribution is 5.84. The molecule has 332 valence electrons. The zero-order valence-corrected chi connectivity index (χ0v) is 38.7. The van der Waals surface area contributed by atoms with E-state index in [4.69, 9.17) is 0 Å². The molecule has 0 aromatic heterocycles. The molecule has 2 nitrogen and oxygen atoms in total. The van der Waals surface area contributed by atoms with Gasteiger partial charge in [0.25, 0.3) is 0 Å². The molecular weight excluding hydrogens is 833 g/mol. The van der Waals surface area contributed by atoms with Crippen LogP contribution in [-0.2, 0) is 0 Å². The molecule has 0 saturated carbocycles. The smallest absolute Gasteiger partial charge is 0.0592 e. The van der Waals surface area contributed by atoms with Crippen molar-refractivity contribution in [3.05, 3.63) is 289 Å². The van der Waals surface area contributed by atoms with Crippen LogP contribution < -0.4 is 9.80 Å². The second-order valence-electron chi connectivity index (χ2n) is 18.7. The maximum Gasteiger partial charge on any atom is 0.0592 e. The highest BCUT2D eigenvalue weighted by Crippen LogP contribution is 2.54. The van der Waals surface area contributed by atoms with Gasteiger partial charge < -0.3 is 9.80 Å². The normalized spacial score (nSPS) is 19.3. The Kier molecular flexibility index (Phi) is 11.5. The highest BCUT2D eigenvalue weighted by Gasteiger charge is 2.49. The summed E-state index contributed by atoms with van der Waals surface area (Å²) in [6.07, 6.45) is 23.3. The van der Waals surface area contributed by atoms with E-state index >= 15 is 0 Å². The van der Waals surface area contributed by atoms with Crippen molar-refractivity contribution >= 4 is 33.9 Å². The molecule has 0 bridgehead atoms. The number of anilines is 4. The zero-order valence-electron chi connectivity index (χ0n) is 38.7. The molecule has 0 amide bonds. The number of allylic oxidation sites excluding steroid dienone is 10. The molecule has 8 aromatic carbocycles. The van der Waals surface area contributed by atoms with E-state index in [-0.39, 0.29) is 12.0 Å². The quantitative estimate of drug-likeness (QED) is 0.135. The fraction of sp³-hybridized carbons (Fsp3) is 0.104. The van der Waals surface area contributed by atoms with Crippen molar-refractivity contribution in [2.45, 2.75) is 25.3 Å². The summed E-state index contributed by atoms with van der Waals surface area (Å²) in [5.41, 5.74) is 19.8. The number of hydrogen-bond donors (Lipinski definition) is 0. The van der Waals surface area contributed by atoms with Crippen molar-refractivity contribution in [3.63, 3.8) is 0 Å². The van der Waals surface area contributed by atoms with Crippen LogP contribution in [0.3, 0.4) is 0 Å². The molecular formula is C67H54N2. The van der Waals surface area contributed by atoms with Gasteiger partial charge in [0, 0.05) is 46.2 Å². The fourth-order valence-electron chi connectivity index (χ4n) is 11.1. The van der Waals surface area contributed by atoms with Crippen LogP contribution in [0.25, 0.3) is 44.5 Å². The molecule has 0 N–H and O–H groups in total. The number of nitrogens with zero attached hydrogens (tertiary/aromatic N) is 2. The van der Waals surface area contributed by atoms with Crippen LogP contribution in [0.2, 0.25) is 0 Å². The lowest BCUT2D eigenvalue weighted by Gasteiger charge is -2.32. The summed E-state index contributed by atoms with van der Waals surface area (Å²) in [4.78, 5) is 4.99. The SMILES string of the molecule is C1=CC(C2C=C(c3ccccc3)C=C3C2C2C=C(c4ccc(-c5ccc(N(c6ccc(-c7ccccc7)cc6)c6ccc(-c7ccccc7)cc6)cc5)cc4)C=CC2N3c2ccccc2)=CCCC1. The predicted octanol–water partition coefficient (Wildman–Crippen LogP) is 17.5. The average molecular weight is 887 g/mol. The van der Waals surface area contributed by atoms with Crippen LogP contribution in [-0.4, -0.2) is 6.04 Å². The Hall–Kier alpha value is -8.20. The van der Waals surface area contributed by atoms with Crippen molar-refractivity contribution < 1.29 is 0 Å². The second kappa shape index (κ2) is 18.8. The van der Waals surface area contributed by atoms with Crippen LogP contribution in [0.1, 0.15) is 30.4 Å². The predicted molar refractivity (Wildman–Crippen MR) is 291 cm³/mol. The van der Waals surface area contributed by atoms with E-state index in [1.165, 1.54) is 79.0 Å². The Bertz CT molecular complexity index is 3170. The Labute approximate surface area is 407 Å². The van der Waals surface area contributed by atoms with E-state index in [9.17, 15) is 0 Å². The Morgan fingerprint density at radius 2 is 0.855 bits per heavy atom. The van der Waals surface area contributed by atoms with Crippen molar-refractivity contribution in [2.24, 2.45) is 17.8 Å². The van der Waals surface area contributed by atoms with Gasteiger partial charge in [-0.15, -0.1) is 0 Å². The highest BCUT2D eigenvalue weighted by atomic mass is 15.2. The van der Waals surface area contributed by atoms with Crippen LogP contribution in [0.4, 0.5) is 22.7 Å². The Balaban J connectivity index is 0.852. The molecule has 1 heterocycles. The number of hydrogen-bond acceptors (Lipinski definition) is 2. The van der Waals surface area contributed by atoms with Gasteiger partial charge in [-0.2, -0.15) is 0 Å². The maximum atomic E-state index is 2.64. The summed E-state index contributed by atoms with van der Waals surface area (Å²) in [5.74, 6) is 0.868. The lowest BCUT2D eigenvalue weighted by Crippen LogP contribution is -2.31. The van der Waals surface area contributed by atoms with E-state index in [0.29, 0.717) is 11.8 Å².